The van der Waals surface area contributed by atoms with Gasteiger partial charge in [0.05, 0.1) is 19.1 Å². The van der Waals surface area contributed by atoms with Gasteiger partial charge in [-0.2, -0.15) is 0 Å². The van der Waals surface area contributed by atoms with Gasteiger partial charge in [-0.1, -0.05) is 29.8 Å². The molecule has 1 aromatic carbocycles. The number of amides is 1. The molecule has 0 aromatic heterocycles. The molecule has 1 aliphatic heterocycles. The zero-order valence-corrected chi connectivity index (χ0v) is 11.7. The van der Waals surface area contributed by atoms with E-state index in [9.17, 15) is 14.7 Å². The number of carboxylic acid groups (broad SMARTS) is 1. The fourth-order valence-electron chi connectivity index (χ4n) is 2.40. The van der Waals surface area contributed by atoms with Gasteiger partial charge in [-0.05, 0) is 19.4 Å². The van der Waals surface area contributed by atoms with Crippen molar-refractivity contribution in [1.82, 2.24) is 4.90 Å². The summed E-state index contributed by atoms with van der Waals surface area (Å²) in [7, 11) is 0. The quantitative estimate of drug-likeness (QED) is 0.907. The van der Waals surface area contributed by atoms with E-state index < -0.39 is 12.0 Å². The number of hydrogen-bond acceptors (Lipinski definition) is 3. The highest BCUT2D eigenvalue weighted by Crippen LogP contribution is 2.21. The maximum Gasteiger partial charge on any atom is 0.328 e. The van der Waals surface area contributed by atoms with Crippen molar-refractivity contribution in [3.63, 3.8) is 0 Å². The lowest BCUT2D eigenvalue weighted by atomic mass is 9.97. The van der Waals surface area contributed by atoms with Gasteiger partial charge in [-0.3, -0.25) is 4.79 Å². The zero-order valence-electron chi connectivity index (χ0n) is 11.7. The van der Waals surface area contributed by atoms with Crippen molar-refractivity contribution in [3.8, 4) is 0 Å². The minimum Gasteiger partial charge on any atom is -0.480 e. The van der Waals surface area contributed by atoms with Gasteiger partial charge >= 0.3 is 5.97 Å². The van der Waals surface area contributed by atoms with E-state index in [0.717, 1.165) is 11.1 Å². The molecule has 5 nitrogen and oxygen atoms in total. The molecular weight excluding hydrogens is 258 g/mol. The Kier molecular flexibility index (Phi) is 4.39. The van der Waals surface area contributed by atoms with E-state index in [4.69, 9.17) is 4.74 Å². The van der Waals surface area contributed by atoms with Crippen molar-refractivity contribution in [3.05, 3.63) is 35.4 Å². The van der Waals surface area contributed by atoms with Crippen LogP contribution in [0.25, 0.3) is 0 Å². The fourth-order valence-corrected chi connectivity index (χ4v) is 2.40. The molecule has 0 aliphatic carbocycles. The highest BCUT2D eigenvalue weighted by atomic mass is 16.5. The van der Waals surface area contributed by atoms with Gasteiger partial charge in [0.1, 0.15) is 0 Å². The largest absolute Gasteiger partial charge is 0.480 e. The zero-order chi connectivity index (χ0) is 14.7. The molecule has 1 fully saturated rings. The number of benzene rings is 1. The van der Waals surface area contributed by atoms with Gasteiger partial charge in [0.2, 0.25) is 5.91 Å². The van der Waals surface area contributed by atoms with E-state index in [1.54, 1.807) is 0 Å². The van der Waals surface area contributed by atoms with Crippen molar-refractivity contribution in [2.24, 2.45) is 0 Å². The third kappa shape index (κ3) is 2.99. The summed E-state index contributed by atoms with van der Waals surface area (Å²) in [4.78, 5) is 25.2. The molecule has 0 saturated carbocycles. The van der Waals surface area contributed by atoms with E-state index in [-0.39, 0.29) is 18.4 Å². The molecule has 0 bridgehead atoms. The summed E-state index contributed by atoms with van der Waals surface area (Å²) in [5, 5.41) is 9.18. The van der Waals surface area contributed by atoms with Gasteiger partial charge in [0.15, 0.2) is 6.04 Å². The summed E-state index contributed by atoms with van der Waals surface area (Å²) in [6, 6.07) is 6.84. The SMILES string of the molecule is Cc1cccc([C@H](C)C(=O)N2CCOC[C@@H]2C(=O)O)c1. The maximum absolute atomic E-state index is 12.5. The monoisotopic (exact) mass is 277 g/mol. The summed E-state index contributed by atoms with van der Waals surface area (Å²) < 4.78 is 5.15. The second kappa shape index (κ2) is 6.05. The fraction of sp³-hybridized carbons (Fsp3) is 0.467. The van der Waals surface area contributed by atoms with Crippen LogP contribution in [0.4, 0.5) is 0 Å². The maximum atomic E-state index is 12.5. The normalized spacial score (nSPS) is 20.5. The predicted octanol–water partition coefficient (Wildman–Crippen LogP) is 1.41. The molecule has 1 N–H and O–H groups in total. The third-order valence-electron chi connectivity index (χ3n) is 3.61. The van der Waals surface area contributed by atoms with Crippen LogP contribution in [0.15, 0.2) is 24.3 Å². The average Bonchev–Trinajstić information content (AvgIpc) is 2.45. The molecule has 1 heterocycles. The number of carboxylic acids is 1. The summed E-state index contributed by atoms with van der Waals surface area (Å²) in [6.45, 7) is 4.55. The second-order valence-electron chi connectivity index (χ2n) is 5.10. The number of carbonyl (C=O) groups is 2. The predicted molar refractivity (Wildman–Crippen MR) is 73.5 cm³/mol. The number of rotatable bonds is 3. The first-order valence-electron chi connectivity index (χ1n) is 6.68. The van der Waals surface area contributed by atoms with Crippen LogP contribution in [-0.2, 0) is 14.3 Å². The molecule has 1 amide bonds. The molecule has 2 rings (SSSR count). The Morgan fingerprint density at radius 3 is 2.85 bits per heavy atom. The van der Waals surface area contributed by atoms with Crippen LogP contribution in [-0.4, -0.2) is 47.7 Å². The Bertz CT molecular complexity index is 514. The first-order chi connectivity index (χ1) is 9.50. The van der Waals surface area contributed by atoms with Gasteiger partial charge in [0.25, 0.3) is 0 Å². The molecule has 0 unspecified atom stereocenters. The summed E-state index contributed by atoms with van der Waals surface area (Å²) in [6.07, 6.45) is 0. The number of ether oxygens (including phenoxy) is 1. The van der Waals surface area contributed by atoms with E-state index in [2.05, 4.69) is 0 Å². The lowest BCUT2D eigenvalue weighted by Gasteiger charge is -2.34. The molecule has 2 atom stereocenters. The molecule has 1 saturated heterocycles. The Hall–Kier alpha value is -1.88. The van der Waals surface area contributed by atoms with E-state index in [1.165, 1.54) is 4.90 Å². The molecule has 5 heteroatoms. The van der Waals surface area contributed by atoms with Crippen LogP contribution in [0.2, 0.25) is 0 Å². The minimum absolute atomic E-state index is 0.0572. The molecule has 0 spiro atoms. The average molecular weight is 277 g/mol. The van der Waals surface area contributed by atoms with Crippen LogP contribution in [0.3, 0.4) is 0 Å². The van der Waals surface area contributed by atoms with E-state index in [0.29, 0.717) is 13.2 Å². The number of carbonyl (C=O) groups excluding carboxylic acids is 1. The third-order valence-corrected chi connectivity index (χ3v) is 3.61. The summed E-state index contributed by atoms with van der Waals surface area (Å²) in [5.74, 6) is -1.53. The highest BCUT2D eigenvalue weighted by Gasteiger charge is 2.35. The summed E-state index contributed by atoms with van der Waals surface area (Å²) >= 11 is 0. The van der Waals surface area contributed by atoms with Crippen LogP contribution in [0, 0.1) is 6.92 Å². The van der Waals surface area contributed by atoms with Crippen molar-refractivity contribution >= 4 is 11.9 Å². The number of nitrogens with zero attached hydrogens (tertiary/aromatic N) is 1. The van der Waals surface area contributed by atoms with Crippen LogP contribution < -0.4 is 0 Å². The Balaban J connectivity index is 2.18. The molecule has 1 aromatic rings. The Morgan fingerprint density at radius 1 is 1.45 bits per heavy atom. The first-order valence-corrected chi connectivity index (χ1v) is 6.68. The van der Waals surface area contributed by atoms with Gasteiger partial charge < -0.3 is 14.7 Å². The van der Waals surface area contributed by atoms with Crippen LogP contribution in [0.5, 0.6) is 0 Å². The molecule has 1 aliphatic rings. The lowest BCUT2D eigenvalue weighted by Crippen LogP contribution is -2.53. The molecule has 20 heavy (non-hydrogen) atoms. The van der Waals surface area contributed by atoms with Crippen molar-refractivity contribution in [2.75, 3.05) is 19.8 Å². The van der Waals surface area contributed by atoms with Gasteiger partial charge in [-0.15, -0.1) is 0 Å². The van der Waals surface area contributed by atoms with E-state index >= 15 is 0 Å². The second-order valence-corrected chi connectivity index (χ2v) is 5.10. The van der Waals surface area contributed by atoms with E-state index in [1.807, 2.05) is 38.1 Å². The Labute approximate surface area is 118 Å². The van der Waals surface area contributed by atoms with Crippen molar-refractivity contribution in [1.29, 1.82) is 0 Å². The minimum atomic E-state index is -1.02. The lowest BCUT2D eigenvalue weighted by molar-refractivity contribution is -0.158. The van der Waals surface area contributed by atoms with Crippen molar-refractivity contribution < 1.29 is 19.4 Å². The number of hydrogen-bond donors (Lipinski definition) is 1. The van der Waals surface area contributed by atoms with Crippen LogP contribution >= 0.6 is 0 Å². The van der Waals surface area contributed by atoms with Crippen LogP contribution in [0.1, 0.15) is 24.0 Å². The van der Waals surface area contributed by atoms with Crippen molar-refractivity contribution in [2.45, 2.75) is 25.8 Å². The van der Waals surface area contributed by atoms with Gasteiger partial charge in [0, 0.05) is 6.54 Å². The van der Waals surface area contributed by atoms with Gasteiger partial charge in [-0.25, -0.2) is 4.79 Å². The standard InChI is InChI=1S/C15H19NO4/c1-10-4-3-5-12(8-10)11(2)14(17)16-6-7-20-9-13(16)15(18)19/h3-5,8,11,13H,6-7,9H2,1-2H3,(H,18,19)/t11-,13+/m0/s1. The number of aryl methyl sites for hydroxylation is 1. The highest BCUT2D eigenvalue weighted by molar-refractivity contribution is 5.88. The molecule has 0 radical (unpaired) electrons. The topological polar surface area (TPSA) is 66.8 Å². The summed E-state index contributed by atoms with van der Waals surface area (Å²) in [5.41, 5.74) is 1.99. The molecule has 108 valence electrons. The Morgan fingerprint density at radius 2 is 2.20 bits per heavy atom. The number of morpholine rings is 1. The molecular formula is C15H19NO4. The number of aliphatic carboxylic acids is 1. The first kappa shape index (κ1) is 14.5. The smallest absolute Gasteiger partial charge is 0.328 e.